The molecule has 2 aromatic carbocycles. The van der Waals surface area contributed by atoms with Crippen molar-refractivity contribution in [2.45, 2.75) is 233 Å². The molecular formula is C68H90N2O32S3Si. The smallest absolute Gasteiger partial charge is 0.347 e. The van der Waals surface area contributed by atoms with Crippen molar-refractivity contribution in [3.05, 3.63) is 80.8 Å². The summed E-state index contributed by atoms with van der Waals surface area (Å²) in [5.41, 5.74) is 0.485. The fourth-order valence-electron chi connectivity index (χ4n) is 9.58. The Kier molecular flexibility index (Phi) is 33.0. The SMILES string of the molecule is CCN[C@H]1C=C(S(=O)(=O)NC(=O)[C@H](C)OC(=O)[C@H](C)OC(=O)[C@H](C)OC(=O)[C@H](C)OC(=O)[C@H](C)OC(=O)[C@H](C)OC(=O)[C@H](C)OC(=O)[C@H](C)OC(=O)[C@H](C)OC(=O)[C@H](C)OC[C@@H](C=O)OC(=O)[C@H](C)OC(=O)[C@H](C)OC(=O)[C@H](C)O[Si](c2ccccc2)(c2ccccc2)C(C)(C)C)SC2=C1C[C@H](C)S2(=O)=O. The minimum atomic E-state index is -4.71. The number of sulfone groups is 1. The highest BCUT2D eigenvalue weighted by atomic mass is 32.3. The van der Waals surface area contributed by atoms with Crippen molar-refractivity contribution in [2.24, 2.45) is 0 Å². The molecule has 0 aromatic heterocycles. The molecule has 2 N–H and O–H groups in total. The third-order valence-corrected chi connectivity index (χ3v) is 26.5. The maximum absolute atomic E-state index is 13.5. The first-order valence-corrected chi connectivity index (χ1v) is 39.0. The molecule has 0 saturated heterocycles. The van der Waals surface area contributed by atoms with Crippen LogP contribution in [-0.4, -0.2) is 219 Å². The third-order valence-electron chi connectivity index (χ3n) is 15.6. The number of amides is 1. The average molecular weight is 1570 g/mol. The number of thioether (sulfide) groups is 1. The Labute approximate surface area is 617 Å². The van der Waals surface area contributed by atoms with Crippen LogP contribution in [0.15, 0.2) is 80.8 Å². The number of carbonyl (C=O) groups excluding carboxylic acids is 14. The van der Waals surface area contributed by atoms with E-state index >= 15 is 0 Å². The Hall–Kier alpha value is -8.95. The van der Waals surface area contributed by atoms with Crippen LogP contribution in [0, 0.1) is 0 Å². The number of aldehydes is 1. The van der Waals surface area contributed by atoms with Gasteiger partial charge in [-0.05, 0) is 137 Å². The lowest BCUT2D eigenvalue weighted by Crippen LogP contribution is -2.68. The molecule has 106 heavy (non-hydrogen) atoms. The maximum atomic E-state index is 13.5. The maximum Gasteiger partial charge on any atom is 0.347 e. The Morgan fingerprint density at radius 1 is 0.491 bits per heavy atom. The molecular weight excluding hydrogens is 1480 g/mol. The standard InChI is InChI=1S/C68H90N2O32S3Si/c1-19-69-52-31-53(103-67-51(52)30-34(2)104(67,85)86)105(87,88)70-54(72)35(3)90-56(74)37(5)92-58(76)39(7)94-60(78)41(9)96-62(80)43(11)98-63(81)44(12)97-61(79)42(10)95-59(77)40(8)93-57(75)38(6)91-55(73)36(4)89-33-48(32-71)101-65(83)46(14)99-64(82)45(13)100-66(84)47(15)102-106(68(16,17)18,49-26-22-20-23-27-49)50-28-24-21-25-29-50/h20-29,31-32,34-48,52,69H,19,30,33H2,1-18H3,(H,70,72)/t34-,35-,36-,37-,38-,39-,40-,41-,42-,43-,44-,45-,46-,47-,48+,52-/m0/s1. The molecule has 0 bridgehead atoms. The van der Waals surface area contributed by atoms with Crippen LogP contribution in [0.3, 0.4) is 0 Å². The molecule has 2 heterocycles. The highest BCUT2D eigenvalue weighted by Gasteiger charge is 2.52. The van der Waals surface area contributed by atoms with Crippen LogP contribution in [0.5, 0.6) is 0 Å². The second kappa shape index (κ2) is 39.1. The number of rotatable bonds is 37. The lowest BCUT2D eigenvalue weighted by molar-refractivity contribution is -0.189. The van der Waals surface area contributed by atoms with Crippen molar-refractivity contribution in [3.8, 4) is 0 Å². The number of likely N-dealkylation sites (N-methyl/N-ethyl adjacent to an activating group) is 1. The molecule has 1 amide bonds. The Bertz CT molecular complexity index is 3840. The van der Waals surface area contributed by atoms with E-state index in [1.54, 1.807) is 11.6 Å². The first-order valence-electron chi connectivity index (χ1n) is 33.2. The molecule has 0 aliphatic carbocycles. The molecule has 2 aromatic rings. The number of benzene rings is 2. The molecule has 586 valence electrons. The number of ether oxygens (including phenoxy) is 13. The van der Waals surface area contributed by atoms with E-state index in [9.17, 15) is 84.0 Å². The van der Waals surface area contributed by atoms with Gasteiger partial charge in [0, 0.05) is 0 Å². The molecule has 4 rings (SSSR count). The molecule has 34 nitrogen and oxygen atoms in total. The molecule has 2 aliphatic heterocycles. The number of hydrogen-bond acceptors (Lipinski definition) is 34. The van der Waals surface area contributed by atoms with Crippen LogP contribution in [0.4, 0.5) is 0 Å². The number of nitrogens with one attached hydrogen (secondary N) is 2. The van der Waals surface area contributed by atoms with Gasteiger partial charge in [-0.25, -0.2) is 79.1 Å². The van der Waals surface area contributed by atoms with E-state index in [-0.39, 0.29) is 16.9 Å². The molecule has 38 heteroatoms. The number of hydrogen-bond donors (Lipinski definition) is 2. The monoisotopic (exact) mass is 1570 g/mol. The lowest BCUT2D eigenvalue weighted by Gasteiger charge is -2.44. The van der Waals surface area contributed by atoms with Crippen molar-refractivity contribution >= 4 is 134 Å². The topological polar surface area (TPSA) is 461 Å². The summed E-state index contributed by atoms with van der Waals surface area (Å²) >= 11 is 0.461. The van der Waals surface area contributed by atoms with Crippen LogP contribution < -0.4 is 20.4 Å². The first-order chi connectivity index (χ1) is 49.2. The molecule has 16 atom stereocenters. The number of esters is 12. The Balaban J connectivity index is 1.14. The highest BCUT2D eigenvalue weighted by molar-refractivity contribution is 8.28. The van der Waals surface area contributed by atoms with E-state index < -0.39 is 218 Å². The average Bonchev–Trinajstić information content (AvgIpc) is 1.29. The zero-order valence-corrected chi connectivity index (χ0v) is 65.0. The van der Waals surface area contributed by atoms with Crippen LogP contribution in [0.25, 0.3) is 0 Å². The zero-order chi connectivity index (χ0) is 80.3. The van der Waals surface area contributed by atoms with Crippen molar-refractivity contribution in [1.82, 2.24) is 10.0 Å². The van der Waals surface area contributed by atoms with Crippen molar-refractivity contribution in [3.63, 3.8) is 0 Å². The summed E-state index contributed by atoms with van der Waals surface area (Å²) in [5.74, 6) is -16.5. The van der Waals surface area contributed by atoms with Gasteiger partial charge >= 0.3 is 71.6 Å². The predicted molar refractivity (Wildman–Crippen MR) is 371 cm³/mol. The number of sulfonamides is 1. The fourth-order valence-corrected chi connectivity index (χ4v) is 19.3. The van der Waals surface area contributed by atoms with Gasteiger partial charge in [0.15, 0.2) is 95.5 Å². The van der Waals surface area contributed by atoms with Crippen molar-refractivity contribution in [1.29, 1.82) is 0 Å². The molecule has 0 saturated carbocycles. The van der Waals surface area contributed by atoms with Gasteiger partial charge in [-0.3, -0.25) is 9.59 Å². The molecule has 0 spiro atoms. The van der Waals surface area contributed by atoms with Gasteiger partial charge in [0.1, 0.15) is 14.6 Å². The quantitative estimate of drug-likeness (QED) is 0.0423. The fraction of sp³-hybridized carbons (Fsp3) is 0.559. The summed E-state index contributed by atoms with van der Waals surface area (Å²) in [4.78, 5) is 180. The van der Waals surface area contributed by atoms with E-state index in [2.05, 4.69) is 5.32 Å². The van der Waals surface area contributed by atoms with Crippen LogP contribution in [-0.2, 0) is 153 Å². The first kappa shape index (κ1) is 89.4. The highest BCUT2D eigenvalue weighted by Crippen LogP contribution is 2.48. The third kappa shape index (κ3) is 24.3. The van der Waals surface area contributed by atoms with Crippen LogP contribution >= 0.6 is 11.8 Å². The van der Waals surface area contributed by atoms with Gasteiger partial charge in [-0.2, -0.15) is 0 Å². The summed E-state index contributed by atoms with van der Waals surface area (Å²) in [6.45, 7) is 23.0. The van der Waals surface area contributed by atoms with Crippen LogP contribution in [0.1, 0.15) is 131 Å². The minimum absolute atomic E-state index is 0.146. The van der Waals surface area contributed by atoms with Crippen molar-refractivity contribution < 1.29 is 150 Å². The lowest BCUT2D eigenvalue weighted by atomic mass is 10.0. The Morgan fingerprint density at radius 3 is 1.10 bits per heavy atom. The van der Waals surface area contributed by atoms with E-state index in [1.807, 2.05) is 81.4 Å². The van der Waals surface area contributed by atoms with Gasteiger partial charge < -0.3 is 71.3 Å². The summed E-state index contributed by atoms with van der Waals surface area (Å²) in [5, 5.41) is 3.49. The summed E-state index contributed by atoms with van der Waals surface area (Å²) < 4.78 is 126. The Morgan fingerprint density at radius 2 is 0.792 bits per heavy atom. The predicted octanol–water partition coefficient (Wildman–Crippen LogP) is 2.15. The second-order valence-corrected chi connectivity index (χ2v) is 35.1. The van der Waals surface area contributed by atoms with Gasteiger partial charge in [-0.1, -0.05) is 100 Å². The minimum Gasteiger partial charge on any atom is -0.450 e. The van der Waals surface area contributed by atoms with Gasteiger partial charge in [-0.15, -0.1) is 0 Å². The van der Waals surface area contributed by atoms with E-state index in [0.717, 1.165) is 86.5 Å². The van der Waals surface area contributed by atoms with Gasteiger partial charge in [0.05, 0.1) is 17.9 Å². The molecule has 2 aliphatic rings. The van der Waals surface area contributed by atoms with E-state index in [0.29, 0.717) is 23.9 Å². The van der Waals surface area contributed by atoms with Crippen molar-refractivity contribution in [2.75, 3.05) is 13.2 Å². The second-order valence-electron chi connectivity index (χ2n) is 25.3. The van der Waals surface area contributed by atoms with Gasteiger partial charge in [0.2, 0.25) is 0 Å². The zero-order valence-electron chi connectivity index (χ0n) is 61.6. The van der Waals surface area contributed by atoms with E-state index in [4.69, 9.17) is 66.0 Å². The summed E-state index contributed by atoms with van der Waals surface area (Å²) in [6.07, 6.45) is -22.0. The molecule has 0 radical (unpaired) electrons. The molecule has 0 fully saturated rings. The largest absolute Gasteiger partial charge is 0.450 e. The normalized spacial score (nSPS) is 18.8. The van der Waals surface area contributed by atoms with E-state index in [1.165, 1.54) is 26.8 Å². The van der Waals surface area contributed by atoms with Crippen LogP contribution in [0.2, 0.25) is 5.04 Å². The summed E-state index contributed by atoms with van der Waals surface area (Å²) in [6, 6.07) is 18.2. The number of carbonyl (C=O) groups is 14. The van der Waals surface area contributed by atoms with Gasteiger partial charge in [0.25, 0.3) is 24.2 Å². The molecule has 0 unspecified atom stereocenters. The summed E-state index contributed by atoms with van der Waals surface area (Å²) in [7, 11) is -11.8.